The predicted octanol–water partition coefficient (Wildman–Crippen LogP) is 0.758. The third kappa shape index (κ3) is 4.29. The number of amides is 1. The largest absolute Gasteiger partial charge is 0.325 e. The molecule has 2 rings (SSSR count). The Morgan fingerprint density at radius 3 is 2.60 bits per heavy atom. The van der Waals surface area contributed by atoms with Crippen LogP contribution in [0.1, 0.15) is 19.3 Å². The van der Waals surface area contributed by atoms with Crippen molar-refractivity contribution in [3.63, 3.8) is 0 Å². The highest BCUT2D eigenvalue weighted by Crippen LogP contribution is 2.14. The molecule has 3 N–H and O–H groups in total. The van der Waals surface area contributed by atoms with Gasteiger partial charge in [0, 0.05) is 5.69 Å². The molecule has 0 atom stereocenters. The maximum Gasteiger partial charge on any atom is 0.238 e. The fraction of sp³-hybridized carbons (Fsp3) is 0.462. The van der Waals surface area contributed by atoms with Crippen LogP contribution in [-0.4, -0.2) is 38.9 Å². The van der Waals surface area contributed by atoms with E-state index in [0.29, 0.717) is 12.2 Å². The van der Waals surface area contributed by atoms with Crippen LogP contribution < -0.4 is 10.5 Å². The molecule has 0 radical (unpaired) electrons. The third-order valence-corrected chi connectivity index (χ3v) is 4.17. The number of primary sulfonamides is 1. The second kappa shape index (κ2) is 6.34. The van der Waals surface area contributed by atoms with Crippen molar-refractivity contribution in [3.05, 3.63) is 24.3 Å². The molecule has 1 fully saturated rings. The van der Waals surface area contributed by atoms with Crippen molar-refractivity contribution in [1.82, 2.24) is 4.90 Å². The topological polar surface area (TPSA) is 92.5 Å². The van der Waals surface area contributed by atoms with Crippen molar-refractivity contribution >= 4 is 21.6 Å². The highest BCUT2D eigenvalue weighted by Gasteiger charge is 2.14. The Labute approximate surface area is 119 Å². The number of nitrogens with zero attached hydrogens (tertiary/aromatic N) is 1. The van der Waals surface area contributed by atoms with Crippen LogP contribution in [0.3, 0.4) is 0 Å². The van der Waals surface area contributed by atoms with Gasteiger partial charge in [-0.15, -0.1) is 0 Å². The Hall–Kier alpha value is -1.44. The fourth-order valence-electron chi connectivity index (χ4n) is 2.27. The molecule has 1 aliphatic rings. The molecule has 0 aromatic heterocycles. The van der Waals surface area contributed by atoms with Gasteiger partial charge in [0.1, 0.15) is 0 Å². The second-order valence-corrected chi connectivity index (χ2v) is 6.52. The van der Waals surface area contributed by atoms with E-state index in [0.717, 1.165) is 25.9 Å². The van der Waals surface area contributed by atoms with Crippen LogP contribution in [0.25, 0.3) is 0 Å². The van der Waals surface area contributed by atoms with Gasteiger partial charge < -0.3 is 5.32 Å². The van der Waals surface area contributed by atoms with Crippen LogP contribution in [0.5, 0.6) is 0 Å². The highest BCUT2D eigenvalue weighted by atomic mass is 32.2. The zero-order valence-corrected chi connectivity index (χ0v) is 12.0. The lowest BCUT2D eigenvalue weighted by molar-refractivity contribution is -0.117. The molecule has 1 aromatic carbocycles. The summed E-state index contributed by atoms with van der Waals surface area (Å²) in [4.78, 5) is 14.0. The second-order valence-electron chi connectivity index (χ2n) is 4.96. The van der Waals surface area contributed by atoms with Gasteiger partial charge in [0.2, 0.25) is 15.9 Å². The van der Waals surface area contributed by atoms with Crippen molar-refractivity contribution in [1.29, 1.82) is 0 Å². The zero-order valence-electron chi connectivity index (χ0n) is 11.2. The van der Waals surface area contributed by atoms with Gasteiger partial charge in [0.25, 0.3) is 0 Å². The normalized spacial score (nSPS) is 16.9. The molecule has 1 saturated heterocycles. The van der Waals surface area contributed by atoms with Gasteiger partial charge in [-0.1, -0.05) is 12.5 Å². The fourth-order valence-corrected chi connectivity index (χ4v) is 2.83. The van der Waals surface area contributed by atoms with Crippen LogP contribution in [0, 0.1) is 0 Å². The van der Waals surface area contributed by atoms with E-state index in [2.05, 4.69) is 10.2 Å². The molecule has 1 amide bonds. The standard InChI is InChI=1S/C13H19N3O3S/c14-20(18,19)12-6-4-5-11(9-12)15-13(17)10-16-7-2-1-3-8-16/h4-6,9H,1-3,7-8,10H2,(H,15,17)(H2,14,18,19). The van der Waals surface area contributed by atoms with E-state index >= 15 is 0 Å². The van der Waals surface area contributed by atoms with Crippen molar-refractivity contribution in [2.75, 3.05) is 25.0 Å². The van der Waals surface area contributed by atoms with Crippen molar-refractivity contribution in [2.45, 2.75) is 24.2 Å². The maximum absolute atomic E-state index is 11.9. The summed E-state index contributed by atoms with van der Waals surface area (Å²) in [5.74, 6) is -0.140. The van der Waals surface area contributed by atoms with Gasteiger partial charge in [0.15, 0.2) is 0 Å². The zero-order chi connectivity index (χ0) is 14.6. The number of carbonyl (C=O) groups excluding carboxylic acids is 1. The number of rotatable bonds is 4. The molecule has 0 saturated carbocycles. The highest BCUT2D eigenvalue weighted by molar-refractivity contribution is 7.89. The number of hydrogen-bond donors (Lipinski definition) is 2. The summed E-state index contributed by atoms with van der Waals surface area (Å²) in [5, 5.41) is 7.76. The third-order valence-electron chi connectivity index (χ3n) is 3.26. The molecule has 6 nitrogen and oxygen atoms in total. The van der Waals surface area contributed by atoms with E-state index in [-0.39, 0.29) is 10.8 Å². The number of likely N-dealkylation sites (tertiary alicyclic amines) is 1. The predicted molar refractivity (Wildman–Crippen MR) is 76.7 cm³/mol. The molecular weight excluding hydrogens is 278 g/mol. The number of carbonyl (C=O) groups is 1. The van der Waals surface area contributed by atoms with Crippen LogP contribution in [0.2, 0.25) is 0 Å². The van der Waals surface area contributed by atoms with Gasteiger partial charge in [-0.05, 0) is 44.1 Å². The Kier molecular flexibility index (Phi) is 4.74. The van der Waals surface area contributed by atoms with Gasteiger partial charge >= 0.3 is 0 Å². The quantitative estimate of drug-likeness (QED) is 0.858. The van der Waals surface area contributed by atoms with E-state index in [9.17, 15) is 13.2 Å². The molecule has 0 spiro atoms. The summed E-state index contributed by atoms with van der Waals surface area (Å²) in [6, 6.07) is 5.96. The Morgan fingerprint density at radius 1 is 1.25 bits per heavy atom. The lowest BCUT2D eigenvalue weighted by atomic mass is 10.1. The summed E-state index contributed by atoms with van der Waals surface area (Å²) in [5.41, 5.74) is 0.443. The van der Waals surface area contributed by atoms with Gasteiger partial charge in [0.05, 0.1) is 11.4 Å². The van der Waals surface area contributed by atoms with Crippen molar-refractivity contribution in [2.24, 2.45) is 5.14 Å². The Balaban J connectivity index is 1.97. The van der Waals surface area contributed by atoms with Crippen molar-refractivity contribution in [3.8, 4) is 0 Å². The number of nitrogens with two attached hydrogens (primary N) is 1. The average Bonchev–Trinajstić information content (AvgIpc) is 2.39. The van der Waals surface area contributed by atoms with E-state index < -0.39 is 10.0 Å². The summed E-state index contributed by atoms with van der Waals surface area (Å²) >= 11 is 0. The van der Waals surface area contributed by atoms with E-state index in [4.69, 9.17) is 5.14 Å². The summed E-state index contributed by atoms with van der Waals surface area (Å²) < 4.78 is 22.5. The van der Waals surface area contributed by atoms with E-state index in [1.807, 2.05) is 0 Å². The molecule has 1 aromatic rings. The molecule has 0 aliphatic carbocycles. The monoisotopic (exact) mass is 297 g/mol. The Bertz CT molecular complexity index is 580. The summed E-state index contributed by atoms with van der Waals surface area (Å²) in [6.07, 6.45) is 3.46. The number of benzene rings is 1. The Morgan fingerprint density at radius 2 is 1.95 bits per heavy atom. The SMILES string of the molecule is NS(=O)(=O)c1cccc(NC(=O)CN2CCCCC2)c1. The maximum atomic E-state index is 11.9. The molecule has 1 aliphatic heterocycles. The molecule has 110 valence electrons. The molecule has 0 bridgehead atoms. The van der Waals surface area contributed by atoms with E-state index in [1.165, 1.54) is 18.6 Å². The number of anilines is 1. The minimum absolute atomic E-state index is 0.00623. The molecule has 0 unspecified atom stereocenters. The van der Waals surface area contributed by atoms with Gasteiger partial charge in [-0.25, -0.2) is 13.6 Å². The first-order chi connectivity index (χ1) is 9.45. The molecular formula is C13H19N3O3S. The molecule has 20 heavy (non-hydrogen) atoms. The molecule has 1 heterocycles. The van der Waals surface area contributed by atoms with Crippen LogP contribution in [-0.2, 0) is 14.8 Å². The summed E-state index contributed by atoms with van der Waals surface area (Å²) in [6.45, 7) is 2.20. The minimum Gasteiger partial charge on any atom is -0.325 e. The van der Waals surface area contributed by atoms with Crippen LogP contribution in [0.4, 0.5) is 5.69 Å². The van der Waals surface area contributed by atoms with Crippen LogP contribution >= 0.6 is 0 Å². The molecule has 7 heteroatoms. The lowest BCUT2D eigenvalue weighted by Gasteiger charge is -2.25. The number of hydrogen-bond acceptors (Lipinski definition) is 4. The number of nitrogens with one attached hydrogen (secondary N) is 1. The first-order valence-corrected chi connectivity index (χ1v) is 8.15. The van der Waals surface area contributed by atoms with Gasteiger partial charge in [-0.2, -0.15) is 0 Å². The van der Waals surface area contributed by atoms with Crippen molar-refractivity contribution < 1.29 is 13.2 Å². The minimum atomic E-state index is -3.75. The number of piperidine rings is 1. The first-order valence-electron chi connectivity index (χ1n) is 6.60. The van der Waals surface area contributed by atoms with E-state index in [1.54, 1.807) is 12.1 Å². The van der Waals surface area contributed by atoms with Crippen LogP contribution in [0.15, 0.2) is 29.2 Å². The van der Waals surface area contributed by atoms with Gasteiger partial charge in [-0.3, -0.25) is 9.69 Å². The average molecular weight is 297 g/mol. The first kappa shape index (κ1) is 15.0. The smallest absolute Gasteiger partial charge is 0.238 e. The number of sulfonamides is 1. The summed E-state index contributed by atoms with van der Waals surface area (Å²) in [7, 11) is -3.75. The lowest BCUT2D eigenvalue weighted by Crippen LogP contribution is -2.36.